The summed E-state index contributed by atoms with van der Waals surface area (Å²) < 4.78 is 20.8. The van der Waals surface area contributed by atoms with E-state index in [1.165, 1.54) is 17.2 Å². The van der Waals surface area contributed by atoms with E-state index in [4.69, 9.17) is 25.5 Å². The first-order valence-electron chi connectivity index (χ1n) is 16.7. The molecular weight excluding hydrogens is 694 g/mol. The molecule has 13 heteroatoms. The zero-order chi connectivity index (χ0) is 36.7. The Bertz CT molecular complexity index is 2150. The van der Waals surface area contributed by atoms with Crippen molar-refractivity contribution in [3.8, 4) is 17.6 Å². The van der Waals surface area contributed by atoms with Crippen molar-refractivity contribution in [3.63, 3.8) is 0 Å². The fourth-order valence-electron chi connectivity index (χ4n) is 6.15. The molecule has 0 saturated carbocycles. The third-order valence-electron chi connectivity index (χ3n) is 8.59. The standard InChI is InChI=1S/C39H38ClN7O4Si/c1-27-18-19-34(42-23-27)46-37(48)33(51-38-31-24-45-47(36(31)43-26-44-38)35-28(22-41)12-11-17-32(35)40)25-49-20-21-50-52(39(2,3)4,29-13-7-5-8-14-29)30-15-9-6-10-16-30/h5-19,23-24,26,33H,20-21,25H2,1-4H3,(H,42,46,48)/t33-/m0/s1. The molecule has 0 aliphatic heterocycles. The molecular formula is C39H38ClN7O4Si. The van der Waals surface area contributed by atoms with Crippen LogP contribution in [0, 0.1) is 18.3 Å². The molecule has 1 amide bonds. The number of nitriles is 1. The number of aryl methyl sites for hydroxylation is 1. The van der Waals surface area contributed by atoms with Gasteiger partial charge in [0, 0.05) is 6.20 Å². The van der Waals surface area contributed by atoms with Gasteiger partial charge < -0.3 is 19.2 Å². The molecule has 0 aliphatic rings. The van der Waals surface area contributed by atoms with Crippen molar-refractivity contribution < 1.29 is 18.7 Å². The van der Waals surface area contributed by atoms with Gasteiger partial charge in [0.15, 0.2) is 5.65 Å². The maximum Gasteiger partial charge on any atom is 0.269 e. The normalized spacial score (nSPS) is 12.3. The first-order chi connectivity index (χ1) is 25.1. The Balaban J connectivity index is 1.24. The summed E-state index contributed by atoms with van der Waals surface area (Å²) in [6.45, 7) is 8.91. The number of rotatable bonds is 13. The quantitative estimate of drug-likeness (QED) is 0.112. The highest BCUT2D eigenvalue weighted by atomic mass is 35.5. The van der Waals surface area contributed by atoms with Crippen LogP contribution in [0.2, 0.25) is 10.1 Å². The summed E-state index contributed by atoms with van der Waals surface area (Å²) in [4.78, 5) is 26.8. The van der Waals surface area contributed by atoms with Crippen LogP contribution in [0.15, 0.2) is 110 Å². The number of nitrogens with zero attached hydrogens (tertiary/aromatic N) is 6. The van der Waals surface area contributed by atoms with E-state index in [-0.39, 0.29) is 30.7 Å². The number of para-hydroxylation sites is 1. The predicted molar refractivity (Wildman–Crippen MR) is 203 cm³/mol. The van der Waals surface area contributed by atoms with Crippen LogP contribution in [-0.4, -0.2) is 64.9 Å². The number of aromatic nitrogens is 5. The average molecular weight is 732 g/mol. The number of fused-ring (bicyclic) bond motifs is 1. The molecule has 3 aromatic carbocycles. The Morgan fingerprint density at radius 1 is 0.923 bits per heavy atom. The molecule has 6 aromatic rings. The van der Waals surface area contributed by atoms with Crippen LogP contribution in [0.4, 0.5) is 5.82 Å². The number of benzene rings is 3. The maximum absolute atomic E-state index is 13.7. The largest absolute Gasteiger partial charge is 0.461 e. The average Bonchev–Trinajstić information content (AvgIpc) is 3.58. The molecule has 11 nitrogen and oxygen atoms in total. The molecule has 0 aliphatic carbocycles. The summed E-state index contributed by atoms with van der Waals surface area (Å²) in [7, 11) is -2.79. The van der Waals surface area contributed by atoms with Crippen LogP contribution >= 0.6 is 11.6 Å². The van der Waals surface area contributed by atoms with Gasteiger partial charge in [-0.15, -0.1) is 0 Å². The number of pyridine rings is 1. The molecule has 6 rings (SSSR count). The van der Waals surface area contributed by atoms with Gasteiger partial charge in [-0.2, -0.15) is 10.4 Å². The second kappa shape index (κ2) is 15.8. The Kier molecular flexibility index (Phi) is 11.1. The fraction of sp³-hybridized carbons (Fsp3) is 0.231. The van der Waals surface area contributed by atoms with Gasteiger partial charge in [-0.05, 0) is 46.1 Å². The monoisotopic (exact) mass is 731 g/mol. The second-order valence-corrected chi connectivity index (χ2v) is 17.8. The molecule has 3 heterocycles. The molecule has 52 heavy (non-hydrogen) atoms. The molecule has 264 valence electrons. The summed E-state index contributed by atoms with van der Waals surface area (Å²) in [5.74, 6) is -0.0186. The van der Waals surface area contributed by atoms with Gasteiger partial charge in [0.25, 0.3) is 14.2 Å². The number of carbonyl (C=O) groups excluding carboxylic acids is 1. The van der Waals surface area contributed by atoms with Gasteiger partial charge in [0.2, 0.25) is 12.0 Å². The van der Waals surface area contributed by atoms with E-state index in [1.54, 1.807) is 30.5 Å². The van der Waals surface area contributed by atoms with Crippen molar-refractivity contribution in [2.45, 2.75) is 38.8 Å². The summed E-state index contributed by atoms with van der Waals surface area (Å²) in [5.41, 5.74) is 1.98. The number of anilines is 1. The van der Waals surface area contributed by atoms with Gasteiger partial charge in [-0.3, -0.25) is 4.79 Å². The number of ether oxygens (including phenoxy) is 2. The number of amides is 1. The smallest absolute Gasteiger partial charge is 0.269 e. The topological polar surface area (TPSA) is 137 Å². The van der Waals surface area contributed by atoms with Gasteiger partial charge in [0.1, 0.15) is 29.3 Å². The van der Waals surface area contributed by atoms with Crippen molar-refractivity contribution in [2.75, 3.05) is 25.1 Å². The van der Waals surface area contributed by atoms with Crippen LogP contribution in [-0.2, 0) is 14.0 Å². The van der Waals surface area contributed by atoms with Crippen LogP contribution in [0.3, 0.4) is 0 Å². The Labute approximate surface area is 308 Å². The highest BCUT2D eigenvalue weighted by Crippen LogP contribution is 2.36. The summed E-state index contributed by atoms with van der Waals surface area (Å²) in [5, 5.41) is 19.8. The van der Waals surface area contributed by atoms with Gasteiger partial charge >= 0.3 is 0 Å². The van der Waals surface area contributed by atoms with E-state index >= 15 is 0 Å². The lowest BCUT2D eigenvalue weighted by Gasteiger charge is -2.43. The Morgan fingerprint density at radius 2 is 1.63 bits per heavy atom. The van der Waals surface area contributed by atoms with E-state index in [1.807, 2.05) is 49.4 Å². The van der Waals surface area contributed by atoms with E-state index in [0.29, 0.717) is 33.1 Å². The lowest BCUT2D eigenvalue weighted by Crippen LogP contribution is -2.66. The molecule has 0 fully saturated rings. The van der Waals surface area contributed by atoms with Crippen molar-refractivity contribution in [1.82, 2.24) is 24.7 Å². The van der Waals surface area contributed by atoms with Crippen molar-refractivity contribution >= 4 is 53.1 Å². The summed E-state index contributed by atoms with van der Waals surface area (Å²) in [6, 6.07) is 31.4. The van der Waals surface area contributed by atoms with E-state index in [9.17, 15) is 10.1 Å². The van der Waals surface area contributed by atoms with Crippen LogP contribution in [0.1, 0.15) is 31.9 Å². The predicted octanol–water partition coefficient (Wildman–Crippen LogP) is 6.02. The minimum atomic E-state index is -2.79. The summed E-state index contributed by atoms with van der Waals surface area (Å²) >= 11 is 6.49. The van der Waals surface area contributed by atoms with Gasteiger partial charge in [-0.25, -0.2) is 19.6 Å². The highest BCUT2D eigenvalue weighted by molar-refractivity contribution is 6.99. The maximum atomic E-state index is 13.7. The zero-order valence-electron chi connectivity index (χ0n) is 29.3. The molecule has 0 spiro atoms. The third-order valence-corrected chi connectivity index (χ3v) is 13.9. The van der Waals surface area contributed by atoms with Crippen LogP contribution < -0.4 is 20.4 Å². The summed E-state index contributed by atoms with van der Waals surface area (Å²) in [6.07, 6.45) is 3.32. The second-order valence-electron chi connectivity index (χ2n) is 13.1. The van der Waals surface area contributed by atoms with Crippen molar-refractivity contribution in [3.05, 3.63) is 126 Å². The van der Waals surface area contributed by atoms with E-state index in [0.717, 1.165) is 15.9 Å². The lowest BCUT2D eigenvalue weighted by molar-refractivity contribution is -0.125. The first-order valence-corrected chi connectivity index (χ1v) is 19.0. The highest BCUT2D eigenvalue weighted by Gasteiger charge is 2.50. The van der Waals surface area contributed by atoms with Crippen molar-refractivity contribution in [2.24, 2.45) is 0 Å². The molecule has 1 N–H and O–H groups in total. The first kappa shape index (κ1) is 36.3. The molecule has 0 radical (unpaired) electrons. The fourth-order valence-corrected chi connectivity index (χ4v) is 11.0. The van der Waals surface area contributed by atoms with Gasteiger partial charge in [-0.1, -0.05) is 105 Å². The molecule has 1 atom stereocenters. The lowest BCUT2D eigenvalue weighted by atomic mass is 10.2. The third kappa shape index (κ3) is 7.58. The van der Waals surface area contributed by atoms with E-state index in [2.05, 4.69) is 76.5 Å². The number of halogens is 1. The minimum Gasteiger partial charge on any atom is -0.461 e. The molecule has 0 saturated heterocycles. The van der Waals surface area contributed by atoms with Gasteiger partial charge in [0.05, 0.1) is 36.6 Å². The zero-order valence-corrected chi connectivity index (χ0v) is 31.0. The number of nitrogens with one attached hydrogen (secondary N) is 1. The Morgan fingerprint density at radius 3 is 2.27 bits per heavy atom. The molecule has 0 unspecified atom stereocenters. The number of hydrogen-bond acceptors (Lipinski definition) is 9. The number of hydrogen-bond donors (Lipinski definition) is 1. The van der Waals surface area contributed by atoms with Crippen molar-refractivity contribution in [1.29, 1.82) is 5.26 Å². The SMILES string of the molecule is Cc1ccc(NC(=O)[C@H](COCCO[Si](c2ccccc2)(c2ccccc2)C(C)(C)C)Oc2ncnc3c2cnn3-c2c(Cl)cccc2C#N)nc1. The molecule has 3 aromatic heterocycles. The minimum absolute atomic E-state index is 0.103. The Hall–Kier alpha value is -5.45. The van der Waals surface area contributed by atoms with Crippen LogP contribution in [0.5, 0.6) is 5.88 Å². The molecule has 0 bridgehead atoms. The van der Waals surface area contributed by atoms with E-state index < -0.39 is 20.3 Å². The van der Waals surface area contributed by atoms with Crippen LogP contribution in [0.25, 0.3) is 16.7 Å². The number of carbonyl (C=O) groups is 1.